The van der Waals surface area contributed by atoms with E-state index in [1.165, 1.54) is 25.7 Å². The molecule has 0 amide bonds. The molecule has 0 radical (unpaired) electrons. The summed E-state index contributed by atoms with van der Waals surface area (Å²) >= 11 is 0. The first-order valence-corrected chi connectivity index (χ1v) is 8.07. The molecule has 1 saturated carbocycles. The van der Waals surface area contributed by atoms with Crippen LogP contribution in [0.5, 0.6) is 0 Å². The first-order chi connectivity index (χ1) is 10.1. The molecule has 4 nitrogen and oxygen atoms in total. The number of rotatable bonds is 4. The maximum Gasteiger partial charge on any atom is 0.339 e. The summed E-state index contributed by atoms with van der Waals surface area (Å²) in [6.07, 6.45) is 9.22. The molecule has 21 heavy (non-hydrogen) atoms. The van der Waals surface area contributed by atoms with Crippen LogP contribution in [0, 0.1) is 5.41 Å². The van der Waals surface area contributed by atoms with Crippen molar-refractivity contribution in [3.63, 3.8) is 0 Å². The number of anilines is 1. The minimum absolute atomic E-state index is 0.285. The molecule has 0 atom stereocenters. The summed E-state index contributed by atoms with van der Waals surface area (Å²) in [6.45, 7) is 3.10. The first kappa shape index (κ1) is 14.4. The van der Waals surface area contributed by atoms with Gasteiger partial charge in [-0.25, -0.2) is 9.78 Å². The van der Waals surface area contributed by atoms with E-state index in [-0.39, 0.29) is 5.41 Å². The van der Waals surface area contributed by atoms with Crippen LogP contribution in [-0.2, 0) is 12.8 Å². The standard InChI is InChI=1S/C17H24N2O2/c1-17(8-4-5-9-17)11-18-15-13(16(20)21)10-12-6-2-3-7-14(12)19-15/h10H,2-9,11H2,1H3,(H,18,19)(H,20,21). The van der Waals surface area contributed by atoms with Crippen molar-refractivity contribution in [2.75, 3.05) is 11.9 Å². The second-order valence-electron chi connectivity index (χ2n) is 6.87. The van der Waals surface area contributed by atoms with Crippen molar-refractivity contribution >= 4 is 11.8 Å². The molecule has 0 bridgehead atoms. The molecule has 4 heteroatoms. The fraction of sp³-hybridized carbons (Fsp3) is 0.647. The van der Waals surface area contributed by atoms with Crippen LogP contribution in [-0.4, -0.2) is 22.6 Å². The van der Waals surface area contributed by atoms with Crippen LogP contribution in [0.25, 0.3) is 0 Å². The van der Waals surface area contributed by atoms with Gasteiger partial charge < -0.3 is 10.4 Å². The molecule has 0 spiro atoms. The summed E-state index contributed by atoms with van der Waals surface area (Å²) < 4.78 is 0. The Balaban J connectivity index is 1.84. The van der Waals surface area contributed by atoms with Crippen molar-refractivity contribution in [1.29, 1.82) is 0 Å². The van der Waals surface area contributed by atoms with Gasteiger partial charge in [-0.05, 0) is 55.6 Å². The number of aryl methyl sites for hydroxylation is 2. The van der Waals surface area contributed by atoms with E-state index in [4.69, 9.17) is 0 Å². The molecule has 2 aliphatic carbocycles. The van der Waals surface area contributed by atoms with Gasteiger partial charge in [-0.3, -0.25) is 0 Å². The van der Waals surface area contributed by atoms with Crippen LogP contribution in [0.4, 0.5) is 5.82 Å². The number of carboxylic acid groups (broad SMARTS) is 1. The molecule has 3 rings (SSSR count). The smallest absolute Gasteiger partial charge is 0.339 e. The van der Waals surface area contributed by atoms with Gasteiger partial charge in [0, 0.05) is 12.2 Å². The highest BCUT2D eigenvalue weighted by atomic mass is 16.4. The maximum atomic E-state index is 11.5. The van der Waals surface area contributed by atoms with Gasteiger partial charge in [-0.2, -0.15) is 0 Å². The van der Waals surface area contributed by atoms with Crippen LogP contribution >= 0.6 is 0 Å². The Morgan fingerprint density at radius 2 is 2.00 bits per heavy atom. The van der Waals surface area contributed by atoms with Gasteiger partial charge in [-0.1, -0.05) is 19.8 Å². The van der Waals surface area contributed by atoms with Crippen LogP contribution in [0.2, 0.25) is 0 Å². The van der Waals surface area contributed by atoms with Crippen LogP contribution in [0.15, 0.2) is 6.07 Å². The average Bonchev–Trinajstić information content (AvgIpc) is 2.91. The normalized spacial score (nSPS) is 20.0. The SMILES string of the molecule is CC1(CNc2nc3c(cc2C(=O)O)CCCC3)CCCC1. The number of hydrogen-bond donors (Lipinski definition) is 2. The summed E-state index contributed by atoms with van der Waals surface area (Å²) in [5, 5.41) is 12.8. The molecular weight excluding hydrogens is 264 g/mol. The topological polar surface area (TPSA) is 62.2 Å². The van der Waals surface area contributed by atoms with Crippen LogP contribution in [0.1, 0.15) is 67.1 Å². The fourth-order valence-corrected chi connectivity index (χ4v) is 3.63. The Morgan fingerprint density at radius 1 is 1.29 bits per heavy atom. The van der Waals surface area contributed by atoms with Gasteiger partial charge in [0.15, 0.2) is 0 Å². The lowest BCUT2D eigenvalue weighted by molar-refractivity contribution is 0.0697. The third-order valence-corrected chi connectivity index (χ3v) is 5.02. The van der Waals surface area contributed by atoms with E-state index in [9.17, 15) is 9.90 Å². The summed E-state index contributed by atoms with van der Waals surface area (Å²) in [5.74, 6) is -0.314. The van der Waals surface area contributed by atoms with Gasteiger partial charge in [0.2, 0.25) is 0 Å². The summed E-state index contributed by atoms with van der Waals surface area (Å²) in [4.78, 5) is 16.1. The van der Waals surface area contributed by atoms with E-state index < -0.39 is 5.97 Å². The molecule has 0 saturated heterocycles. The van der Waals surface area contributed by atoms with E-state index in [2.05, 4.69) is 17.2 Å². The minimum Gasteiger partial charge on any atom is -0.478 e. The van der Waals surface area contributed by atoms with Gasteiger partial charge in [0.05, 0.1) is 0 Å². The van der Waals surface area contributed by atoms with E-state index in [1.807, 2.05) is 6.07 Å². The van der Waals surface area contributed by atoms with E-state index in [1.54, 1.807) is 0 Å². The molecule has 0 unspecified atom stereocenters. The number of pyridine rings is 1. The molecule has 1 fully saturated rings. The van der Waals surface area contributed by atoms with Crippen molar-refractivity contribution < 1.29 is 9.90 Å². The number of aromatic nitrogens is 1. The van der Waals surface area contributed by atoms with Gasteiger partial charge in [0.1, 0.15) is 11.4 Å². The Kier molecular flexibility index (Phi) is 3.87. The number of carboxylic acids is 1. The molecule has 0 aromatic carbocycles. The van der Waals surface area contributed by atoms with Gasteiger partial charge in [0.25, 0.3) is 0 Å². The zero-order chi connectivity index (χ0) is 14.9. The number of aromatic carboxylic acids is 1. The highest BCUT2D eigenvalue weighted by Crippen LogP contribution is 2.37. The minimum atomic E-state index is -0.880. The van der Waals surface area contributed by atoms with E-state index >= 15 is 0 Å². The third-order valence-electron chi connectivity index (χ3n) is 5.02. The Hall–Kier alpha value is -1.58. The van der Waals surface area contributed by atoms with E-state index in [0.29, 0.717) is 11.4 Å². The lowest BCUT2D eigenvalue weighted by Gasteiger charge is -2.25. The number of fused-ring (bicyclic) bond motifs is 1. The van der Waals surface area contributed by atoms with Crippen molar-refractivity contribution in [2.45, 2.75) is 58.3 Å². The molecule has 1 aromatic rings. The Labute approximate surface area is 126 Å². The lowest BCUT2D eigenvalue weighted by atomic mass is 9.89. The van der Waals surface area contributed by atoms with Gasteiger partial charge in [-0.15, -0.1) is 0 Å². The number of nitrogens with one attached hydrogen (secondary N) is 1. The maximum absolute atomic E-state index is 11.5. The second-order valence-corrected chi connectivity index (χ2v) is 6.87. The number of hydrogen-bond acceptors (Lipinski definition) is 3. The Bertz CT molecular complexity index is 548. The van der Waals surface area contributed by atoms with E-state index in [0.717, 1.165) is 43.5 Å². The summed E-state index contributed by atoms with van der Waals surface area (Å²) in [6, 6.07) is 1.84. The average molecular weight is 288 g/mol. The van der Waals surface area contributed by atoms with Crippen molar-refractivity contribution in [3.8, 4) is 0 Å². The molecule has 2 N–H and O–H groups in total. The summed E-state index contributed by atoms with van der Waals surface area (Å²) in [7, 11) is 0. The van der Waals surface area contributed by atoms with Gasteiger partial charge >= 0.3 is 5.97 Å². The first-order valence-electron chi connectivity index (χ1n) is 8.07. The molecule has 2 aliphatic rings. The molecule has 114 valence electrons. The zero-order valence-corrected chi connectivity index (χ0v) is 12.7. The highest BCUT2D eigenvalue weighted by Gasteiger charge is 2.29. The fourth-order valence-electron chi connectivity index (χ4n) is 3.63. The molecular formula is C17H24N2O2. The van der Waals surface area contributed by atoms with Crippen LogP contribution in [0.3, 0.4) is 0 Å². The predicted molar refractivity (Wildman–Crippen MR) is 82.9 cm³/mol. The predicted octanol–water partition coefficient (Wildman–Crippen LogP) is 3.65. The van der Waals surface area contributed by atoms with Crippen molar-refractivity contribution in [3.05, 3.63) is 22.9 Å². The van der Waals surface area contributed by atoms with Crippen molar-refractivity contribution in [2.24, 2.45) is 5.41 Å². The van der Waals surface area contributed by atoms with Crippen LogP contribution < -0.4 is 5.32 Å². The number of carbonyl (C=O) groups is 1. The molecule has 0 aliphatic heterocycles. The Morgan fingerprint density at radius 3 is 2.71 bits per heavy atom. The number of nitrogens with zero attached hydrogens (tertiary/aromatic N) is 1. The lowest BCUT2D eigenvalue weighted by Crippen LogP contribution is -2.25. The monoisotopic (exact) mass is 288 g/mol. The quantitative estimate of drug-likeness (QED) is 0.887. The third kappa shape index (κ3) is 3.04. The van der Waals surface area contributed by atoms with Crippen molar-refractivity contribution in [1.82, 2.24) is 4.98 Å². The molecule has 1 heterocycles. The zero-order valence-electron chi connectivity index (χ0n) is 12.7. The second kappa shape index (κ2) is 5.66. The highest BCUT2D eigenvalue weighted by molar-refractivity contribution is 5.93. The summed E-state index contributed by atoms with van der Waals surface area (Å²) in [5.41, 5.74) is 2.83. The largest absolute Gasteiger partial charge is 0.478 e. The molecule has 1 aromatic heterocycles.